The number of rotatable bonds is 6. The van der Waals surface area contributed by atoms with Gasteiger partial charge in [-0.25, -0.2) is 4.39 Å². The molecule has 3 aromatic rings. The number of Topliss-reactive ketones (excluding diaryl/α,β-unsaturated/α-hetero) is 1. The number of hydrogen-bond acceptors (Lipinski definition) is 3. The van der Waals surface area contributed by atoms with E-state index < -0.39 is 40.7 Å². The number of ketones is 1. The second-order valence-corrected chi connectivity index (χ2v) is 8.24. The third-order valence-electron chi connectivity index (χ3n) is 5.99. The van der Waals surface area contributed by atoms with Gasteiger partial charge in [0.1, 0.15) is 5.82 Å². The number of nitrogens with zero attached hydrogens (tertiary/aromatic N) is 1. The molecule has 0 radical (unpaired) electrons. The zero-order valence-electron chi connectivity index (χ0n) is 19.0. The molecule has 4 rings (SSSR count). The Morgan fingerprint density at radius 1 is 0.861 bits per heavy atom. The van der Waals surface area contributed by atoms with Gasteiger partial charge >= 0.3 is 6.18 Å². The van der Waals surface area contributed by atoms with Gasteiger partial charge < -0.3 is 10.2 Å². The number of allylic oxidation sites excluding steroid dienone is 1. The predicted octanol–water partition coefficient (Wildman–Crippen LogP) is 5.06. The van der Waals surface area contributed by atoms with Gasteiger partial charge in [-0.05, 0) is 36.8 Å². The second-order valence-electron chi connectivity index (χ2n) is 8.24. The average Bonchev–Trinajstić information content (AvgIpc) is 3.07. The van der Waals surface area contributed by atoms with Gasteiger partial charge in [-0.15, -0.1) is 0 Å². The van der Waals surface area contributed by atoms with Crippen molar-refractivity contribution in [1.29, 1.82) is 0 Å². The van der Waals surface area contributed by atoms with Gasteiger partial charge in [0.25, 0.3) is 11.8 Å². The van der Waals surface area contributed by atoms with Crippen LogP contribution in [0.3, 0.4) is 0 Å². The first-order valence-corrected chi connectivity index (χ1v) is 10.9. The van der Waals surface area contributed by atoms with E-state index in [1.807, 2.05) is 5.32 Å². The smallest absolute Gasteiger partial charge is 0.326 e. The lowest BCUT2D eigenvalue weighted by Crippen LogP contribution is -2.66. The van der Waals surface area contributed by atoms with Crippen LogP contribution in [-0.2, 0) is 11.3 Å². The van der Waals surface area contributed by atoms with E-state index in [1.165, 1.54) is 31.2 Å². The average molecular weight is 496 g/mol. The Kier molecular flexibility index (Phi) is 6.49. The maximum atomic E-state index is 14.9. The molecule has 9 heteroatoms. The fourth-order valence-corrected chi connectivity index (χ4v) is 4.19. The molecule has 36 heavy (non-hydrogen) atoms. The fourth-order valence-electron chi connectivity index (χ4n) is 4.19. The van der Waals surface area contributed by atoms with E-state index in [0.717, 1.165) is 29.2 Å². The van der Waals surface area contributed by atoms with Crippen LogP contribution in [0.5, 0.6) is 0 Å². The summed E-state index contributed by atoms with van der Waals surface area (Å²) < 4.78 is 58.1. The Bertz CT molecular complexity index is 1340. The van der Waals surface area contributed by atoms with Crippen molar-refractivity contribution in [3.05, 3.63) is 119 Å². The molecule has 0 unspecified atom stereocenters. The van der Waals surface area contributed by atoms with Crippen LogP contribution in [0.25, 0.3) is 0 Å². The van der Waals surface area contributed by atoms with Gasteiger partial charge in [0.15, 0.2) is 5.78 Å². The zero-order valence-corrected chi connectivity index (χ0v) is 19.0. The third kappa shape index (κ3) is 4.28. The summed E-state index contributed by atoms with van der Waals surface area (Å²) in [6, 6.07) is 19.3. The first-order chi connectivity index (χ1) is 17.1. The Morgan fingerprint density at radius 2 is 1.42 bits per heavy atom. The summed E-state index contributed by atoms with van der Waals surface area (Å²) >= 11 is 0. The summed E-state index contributed by atoms with van der Waals surface area (Å²) in [6.07, 6.45) is -5.38. The van der Waals surface area contributed by atoms with E-state index in [2.05, 4.69) is 0 Å². The number of halogens is 4. The van der Waals surface area contributed by atoms with Crippen molar-refractivity contribution in [2.24, 2.45) is 0 Å². The topological polar surface area (TPSA) is 66.5 Å². The summed E-state index contributed by atoms with van der Waals surface area (Å²) in [4.78, 5) is 40.9. The molecule has 1 aliphatic heterocycles. The van der Waals surface area contributed by atoms with Gasteiger partial charge in [0.2, 0.25) is 5.54 Å². The molecular weight excluding hydrogens is 476 g/mol. The lowest BCUT2D eigenvalue weighted by atomic mass is 9.84. The molecule has 0 aromatic heterocycles. The first kappa shape index (κ1) is 24.8. The van der Waals surface area contributed by atoms with Crippen molar-refractivity contribution < 1.29 is 31.9 Å². The molecule has 1 N–H and O–H groups in total. The predicted molar refractivity (Wildman–Crippen MR) is 123 cm³/mol. The largest absolute Gasteiger partial charge is 0.425 e. The Morgan fingerprint density at radius 3 is 1.97 bits per heavy atom. The minimum absolute atomic E-state index is 0.0779. The number of amides is 2. The van der Waals surface area contributed by atoms with Crippen molar-refractivity contribution in [1.82, 2.24) is 10.2 Å². The molecule has 2 amide bonds. The molecule has 0 saturated carbocycles. The summed E-state index contributed by atoms with van der Waals surface area (Å²) in [5, 5.41) is 1.81. The maximum Gasteiger partial charge on any atom is 0.425 e. The maximum absolute atomic E-state index is 14.9. The molecule has 3 aromatic carbocycles. The van der Waals surface area contributed by atoms with Crippen LogP contribution in [-0.4, -0.2) is 34.2 Å². The number of carbonyl (C=O) groups excluding carboxylic acids is 3. The van der Waals surface area contributed by atoms with Crippen molar-refractivity contribution >= 4 is 17.6 Å². The summed E-state index contributed by atoms with van der Waals surface area (Å²) in [7, 11) is 0. The standard InChI is InChI=1S/C27H20F4N2O3/c1-17-22(23(34)19-10-6-3-7-11-19)26(27(29,30)31,32-24(35)20-12-14-21(28)15-13-20)25(36)33(17)16-18-8-4-2-5-9-18/h2-15H,16H2,1H3,(H,32,35)/t26-/m1/s1. The Balaban J connectivity index is 1.88. The van der Waals surface area contributed by atoms with Gasteiger partial charge in [-0.3, -0.25) is 14.4 Å². The summed E-state index contributed by atoms with van der Waals surface area (Å²) in [6.45, 7) is 0.996. The number of nitrogens with one attached hydrogen (secondary N) is 1. The van der Waals surface area contributed by atoms with E-state index in [9.17, 15) is 31.9 Å². The van der Waals surface area contributed by atoms with E-state index in [1.54, 1.807) is 36.4 Å². The Hall–Kier alpha value is -4.27. The molecule has 1 aliphatic rings. The molecule has 1 heterocycles. The van der Waals surface area contributed by atoms with Crippen molar-refractivity contribution in [2.45, 2.75) is 25.2 Å². The van der Waals surface area contributed by atoms with Crippen LogP contribution < -0.4 is 5.32 Å². The highest BCUT2D eigenvalue weighted by molar-refractivity contribution is 6.19. The van der Waals surface area contributed by atoms with Crippen LogP contribution in [0, 0.1) is 5.82 Å². The quantitative estimate of drug-likeness (QED) is 0.384. The second kappa shape index (κ2) is 9.41. The zero-order chi connectivity index (χ0) is 26.1. The minimum Gasteiger partial charge on any atom is -0.326 e. The van der Waals surface area contributed by atoms with Crippen LogP contribution in [0.4, 0.5) is 17.6 Å². The SMILES string of the molecule is CC1=C(C(=O)c2ccccc2)[C@](NC(=O)c2ccc(F)cc2)(C(F)(F)F)C(=O)N1Cc1ccccc1. The summed E-state index contributed by atoms with van der Waals surface area (Å²) in [5.74, 6) is -4.54. The highest BCUT2D eigenvalue weighted by atomic mass is 19.4. The molecule has 1 atom stereocenters. The summed E-state index contributed by atoms with van der Waals surface area (Å²) in [5.41, 5.74) is -4.62. The molecule has 0 saturated heterocycles. The molecule has 0 bridgehead atoms. The molecule has 5 nitrogen and oxygen atoms in total. The number of hydrogen-bond donors (Lipinski definition) is 1. The lowest BCUT2D eigenvalue weighted by Gasteiger charge is -2.33. The third-order valence-corrected chi connectivity index (χ3v) is 5.99. The van der Waals surface area contributed by atoms with Gasteiger partial charge in [-0.2, -0.15) is 13.2 Å². The van der Waals surface area contributed by atoms with Crippen LogP contribution in [0.2, 0.25) is 0 Å². The molecule has 184 valence electrons. The number of carbonyl (C=O) groups is 3. The van der Waals surface area contributed by atoms with Crippen LogP contribution >= 0.6 is 0 Å². The first-order valence-electron chi connectivity index (χ1n) is 10.9. The van der Waals surface area contributed by atoms with Gasteiger partial charge in [0.05, 0.1) is 12.1 Å². The lowest BCUT2D eigenvalue weighted by molar-refractivity contribution is -0.189. The van der Waals surface area contributed by atoms with Crippen molar-refractivity contribution in [3.8, 4) is 0 Å². The van der Waals surface area contributed by atoms with Gasteiger partial charge in [-0.1, -0.05) is 60.7 Å². The normalized spacial score (nSPS) is 17.9. The van der Waals surface area contributed by atoms with Crippen LogP contribution in [0.15, 0.2) is 96.2 Å². The number of benzene rings is 3. The minimum atomic E-state index is -5.38. The van der Waals surface area contributed by atoms with Crippen LogP contribution in [0.1, 0.15) is 33.2 Å². The van der Waals surface area contributed by atoms with Crippen molar-refractivity contribution in [2.75, 3.05) is 0 Å². The molecule has 0 spiro atoms. The highest BCUT2D eigenvalue weighted by Gasteiger charge is 2.70. The molecule has 0 aliphatic carbocycles. The van der Waals surface area contributed by atoms with E-state index in [4.69, 9.17) is 0 Å². The van der Waals surface area contributed by atoms with E-state index in [0.29, 0.717) is 5.56 Å². The molecular formula is C27H20F4N2O3. The van der Waals surface area contributed by atoms with Gasteiger partial charge in [0, 0.05) is 16.8 Å². The monoisotopic (exact) mass is 496 g/mol. The van der Waals surface area contributed by atoms with E-state index in [-0.39, 0.29) is 23.4 Å². The fraction of sp³-hybridized carbons (Fsp3) is 0.148. The highest BCUT2D eigenvalue weighted by Crippen LogP contribution is 2.46. The number of alkyl halides is 3. The van der Waals surface area contributed by atoms with Crippen molar-refractivity contribution in [3.63, 3.8) is 0 Å². The Labute approximate surface area is 204 Å². The molecule has 0 fully saturated rings. The van der Waals surface area contributed by atoms with E-state index >= 15 is 0 Å².